The van der Waals surface area contributed by atoms with E-state index in [0.29, 0.717) is 5.92 Å². The molecule has 0 saturated heterocycles. The van der Waals surface area contributed by atoms with E-state index in [2.05, 4.69) is 24.3 Å². The second-order valence-corrected chi connectivity index (χ2v) is 4.49. The number of hydrogen-bond donors (Lipinski definition) is 1. The number of fused-ring (bicyclic) bond motifs is 1. The fraction of sp³-hybridized carbons (Fsp3) is 0.455. The number of hydrogen-bond acceptors (Lipinski definition) is 2. The van der Waals surface area contributed by atoms with Gasteiger partial charge in [-0.3, -0.25) is 0 Å². The Morgan fingerprint density at radius 1 is 1.54 bits per heavy atom. The average molecular weight is 194 g/mol. The summed E-state index contributed by atoms with van der Waals surface area (Å²) in [6.45, 7) is 2.04. The molecular weight excluding hydrogens is 180 g/mol. The first kappa shape index (κ1) is 9.10. The van der Waals surface area contributed by atoms with Gasteiger partial charge in [0.25, 0.3) is 0 Å². The van der Waals surface area contributed by atoms with Crippen LogP contribution in [0, 0.1) is 0 Å². The lowest BCUT2D eigenvalue weighted by Crippen LogP contribution is -2.16. The van der Waals surface area contributed by atoms with Crippen molar-refractivity contribution in [2.24, 2.45) is 0 Å². The molecule has 0 spiro atoms. The van der Waals surface area contributed by atoms with Crippen LogP contribution >= 0.6 is 11.8 Å². The average Bonchev–Trinajstić information content (AvgIpc) is 2.60. The number of benzene rings is 1. The highest BCUT2D eigenvalue weighted by Crippen LogP contribution is 2.41. The van der Waals surface area contributed by atoms with E-state index in [4.69, 9.17) is 0 Å². The zero-order chi connectivity index (χ0) is 9.26. The van der Waals surface area contributed by atoms with Crippen LogP contribution < -0.4 is 0 Å². The van der Waals surface area contributed by atoms with Crippen LogP contribution in [0.1, 0.15) is 24.8 Å². The van der Waals surface area contributed by atoms with E-state index in [1.165, 1.54) is 10.5 Å². The maximum Gasteiger partial charge on any atom is 0.0614 e. The zero-order valence-corrected chi connectivity index (χ0v) is 8.55. The number of rotatable bonds is 2. The van der Waals surface area contributed by atoms with Crippen molar-refractivity contribution in [1.82, 2.24) is 0 Å². The standard InChI is InChI=1S/C11H14OS/c1-2-10(12)9-7-13-11-6-4-3-5-8(9)11/h3-6,9-10,12H,2,7H2,1H3. The predicted octanol–water partition coefficient (Wildman–Crippen LogP) is 2.65. The summed E-state index contributed by atoms with van der Waals surface area (Å²) in [4.78, 5) is 1.35. The van der Waals surface area contributed by atoms with Crippen molar-refractivity contribution in [2.75, 3.05) is 5.75 Å². The SMILES string of the molecule is CCC(O)C1CSc2ccccc21. The van der Waals surface area contributed by atoms with Crippen molar-refractivity contribution >= 4 is 11.8 Å². The van der Waals surface area contributed by atoms with Crippen molar-refractivity contribution in [1.29, 1.82) is 0 Å². The fourth-order valence-electron chi connectivity index (χ4n) is 1.79. The minimum atomic E-state index is -0.170. The van der Waals surface area contributed by atoms with Gasteiger partial charge >= 0.3 is 0 Å². The van der Waals surface area contributed by atoms with Crippen LogP contribution in [0.5, 0.6) is 0 Å². The molecule has 0 bridgehead atoms. The van der Waals surface area contributed by atoms with Crippen LogP contribution in [-0.4, -0.2) is 17.0 Å². The van der Waals surface area contributed by atoms with E-state index in [9.17, 15) is 5.11 Å². The molecule has 2 heteroatoms. The van der Waals surface area contributed by atoms with Crippen LogP contribution in [0.25, 0.3) is 0 Å². The van der Waals surface area contributed by atoms with E-state index in [-0.39, 0.29) is 6.10 Å². The summed E-state index contributed by atoms with van der Waals surface area (Å²) < 4.78 is 0. The van der Waals surface area contributed by atoms with E-state index >= 15 is 0 Å². The van der Waals surface area contributed by atoms with Crippen molar-refractivity contribution in [2.45, 2.75) is 30.3 Å². The topological polar surface area (TPSA) is 20.2 Å². The number of aliphatic hydroxyl groups excluding tert-OH is 1. The zero-order valence-electron chi connectivity index (χ0n) is 7.73. The molecule has 1 heterocycles. The summed E-state index contributed by atoms with van der Waals surface area (Å²) in [5, 5.41) is 9.79. The van der Waals surface area contributed by atoms with Gasteiger partial charge in [-0.2, -0.15) is 0 Å². The third kappa shape index (κ3) is 1.61. The molecule has 2 atom stereocenters. The summed E-state index contributed by atoms with van der Waals surface area (Å²) in [6, 6.07) is 8.40. The highest BCUT2D eigenvalue weighted by Gasteiger charge is 2.27. The van der Waals surface area contributed by atoms with E-state index in [1.54, 1.807) is 0 Å². The highest BCUT2D eigenvalue weighted by atomic mass is 32.2. The third-order valence-corrected chi connectivity index (χ3v) is 3.83. The Hall–Kier alpha value is -0.470. The molecule has 1 nitrogen and oxygen atoms in total. The van der Waals surface area contributed by atoms with Crippen molar-refractivity contribution in [3.05, 3.63) is 29.8 Å². The molecule has 1 aromatic rings. The smallest absolute Gasteiger partial charge is 0.0614 e. The van der Waals surface area contributed by atoms with Crippen LogP contribution in [0.15, 0.2) is 29.2 Å². The van der Waals surface area contributed by atoms with E-state index in [1.807, 2.05) is 18.7 Å². The molecule has 13 heavy (non-hydrogen) atoms. The third-order valence-electron chi connectivity index (χ3n) is 2.62. The molecule has 1 aliphatic heterocycles. The first-order chi connectivity index (χ1) is 6.33. The quantitative estimate of drug-likeness (QED) is 0.781. The Morgan fingerprint density at radius 2 is 2.31 bits per heavy atom. The minimum absolute atomic E-state index is 0.170. The van der Waals surface area contributed by atoms with Crippen molar-refractivity contribution in [3.63, 3.8) is 0 Å². The minimum Gasteiger partial charge on any atom is -0.392 e. The van der Waals surface area contributed by atoms with Crippen LogP contribution in [0.3, 0.4) is 0 Å². The van der Waals surface area contributed by atoms with Crippen molar-refractivity contribution < 1.29 is 5.11 Å². The Labute approximate surface area is 83.2 Å². The molecule has 0 amide bonds. The molecule has 1 aliphatic rings. The van der Waals surface area contributed by atoms with Gasteiger partial charge in [0.2, 0.25) is 0 Å². The summed E-state index contributed by atoms with van der Waals surface area (Å²) in [6.07, 6.45) is 0.677. The summed E-state index contributed by atoms with van der Waals surface area (Å²) >= 11 is 1.86. The Balaban J connectivity index is 2.28. The molecule has 1 aromatic carbocycles. The molecule has 0 radical (unpaired) electrons. The molecule has 0 saturated carbocycles. The number of aliphatic hydroxyl groups is 1. The highest BCUT2D eigenvalue weighted by molar-refractivity contribution is 7.99. The molecule has 2 unspecified atom stereocenters. The van der Waals surface area contributed by atoms with Gasteiger partial charge in [0.15, 0.2) is 0 Å². The molecule has 70 valence electrons. The van der Waals surface area contributed by atoms with Gasteiger partial charge in [0, 0.05) is 16.6 Å². The molecule has 0 aliphatic carbocycles. The van der Waals surface area contributed by atoms with Crippen LogP contribution in [-0.2, 0) is 0 Å². The molecule has 1 N–H and O–H groups in total. The molecule has 0 fully saturated rings. The molecular formula is C11H14OS. The Kier molecular flexibility index (Phi) is 2.61. The second-order valence-electron chi connectivity index (χ2n) is 3.43. The lowest BCUT2D eigenvalue weighted by Gasteiger charge is -2.16. The summed E-state index contributed by atoms with van der Waals surface area (Å²) in [5.41, 5.74) is 1.34. The van der Waals surface area contributed by atoms with Gasteiger partial charge in [-0.25, -0.2) is 0 Å². The maximum absolute atomic E-state index is 9.79. The lowest BCUT2D eigenvalue weighted by molar-refractivity contribution is 0.147. The van der Waals surface area contributed by atoms with Gasteiger partial charge < -0.3 is 5.11 Å². The van der Waals surface area contributed by atoms with Gasteiger partial charge in [-0.15, -0.1) is 11.8 Å². The molecule has 2 rings (SSSR count). The predicted molar refractivity (Wildman–Crippen MR) is 56.2 cm³/mol. The summed E-state index contributed by atoms with van der Waals surface area (Å²) in [5.74, 6) is 1.39. The fourth-order valence-corrected chi connectivity index (χ4v) is 3.11. The Morgan fingerprint density at radius 3 is 3.08 bits per heavy atom. The lowest BCUT2D eigenvalue weighted by atomic mass is 9.94. The second kappa shape index (κ2) is 3.72. The first-order valence-electron chi connectivity index (χ1n) is 4.72. The monoisotopic (exact) mass is 194 g/mol. The Bertz CT molecular complexity index is 298. The van der Waals surface area contributed by atoms with E-state index < -0.39 is 0 Å². The van der Waals surface area contributed by atoms with Crippen LogP contribution in [0.2, 0.25) is 0 Å². The van der Waals surface area contributed by atoms with E-state index in [0.717, 1.165) is 12.2 Å². The van der Waals surface area contributed by atoms with Gasteiger partial charge in [-0.1, -0.05) is 25.1 Å². The van der Waals surface area contributed by atoms with Crippen molar-refractivity contribution in [3.8, 4) is 0 Å². The van der Waals surface area contributed by atoms with Gasteiger partial charge in [0.05, 0.1) is 6.10 Å². The molecule has 0 aromatic heterocycles. The normalized spacial score (nSPS) is 22.8. The van der Waals surface area contributed by atoms with Gasteiger partial charge in [0.1, 0.15) is 0 Å². The first-order valence-corrected chi connectivity index (χ1v) is 5.71. The maximum atomic E-state index is 9.79. The van der Waals surface area contributed by atoms with Gasteiger partial charge in [-0.05, 0) is 18.1 Å². The summed E-state index contributed by atoms with van der Waals surface area (Å²) in [7, 11) is 0. The number of thioether (sulfide) groups is 1. The largest absolute Gasteiger partial charge is 0.392 e. The van der Waals surface area contributed by atoms with Crippen LogP contribution in [0.4, 0.5) is 0 Å².